The van der Waals surface area contributed by atoms with Gasteiger partial charge in [-0.25, -0.2) is 22.4 Å². The van der Waals surface area contributed by atoms with E-state index in [9.17, 15) is 22.4 Å². The van der Waals surface area contributed by atoms with Crippen molar-refractivity contribution in [2.45, 2.75) is 10.6 Å². The molecule has 0 aliphatic carbocycles. The lowest BCUT2D eigenvalue weighted by Crippen LogP contribution is -2.06. The lowest BCUT2D eigenvalue weighted by molar-refractivity contribution is -0.133. The highest BCUT2D eigenvalue weighted by Gasteiger charge is 2.21. The Morgan fingerprint density at radius 2 is 1.69 bits per heavy atom. The van der Waals surface area contributed by atoms with Crippen LogP contribution in [0, 0.1) is 23.3 Å². The molecule has 0 aromatic heterocycles. The zero-order chi connectivity index (χ0) is 19.3. The number of benzene rings is 2. The normalized spacial score (nSPS) is 11.4. The molecule has 138 valence electrons. The summed E-state index contributed by atoms with van der Waals surface area (Å²) in [5.41, 5.74) is -0.244. The Bertz CT molecular complexity index is 826. The molecule has 0 radical (unpaired) electrons. The van der Waals surface area contributed by atoms with E-state index in [0.717, 1.165) is 11.8 Å². The molecule has 2 aromatic rings. The summed E-state index contributed by atoms with van der Waals surface area (Å²) in [6.45, 7) is 0. The molecular formula is C18H14F4O3S. The Morgan fingerprint density at radius 1 is 1.08 bits per heavy atom. The van der Waals surface area contributed by atoms with Crippen LogP contribution >= 0.6 is 11.8 Å². The first-order valence-electron chi connectivity index (χ1n) is 7.26. The van der Waals surface area contributed by atoms with Crippen molar-refractivity contribution in [3.05, 3.63) is 71.0 Å². The molecule has 2 rings (SSSR count). The topological polar surface area (TPSA) is 35.5 Å². The monoisotopic (exact) mass is 386 g/mol. The maximum absolute atomic E-state index is 13.8. The number of carbonyl (C=O) groups excluding carboxylic acids is 1. The fourth-order valence-electron chi connectivity index (χ4n) is 2.16. The molecule has 0 amide bonds. The number of hydrogen-bond acceptors (Lipinski definition) is 4. The predicted octanol–water partition coefficient (Wildman–Crippen LogP) is 4.70. The van der Waals surface area contributed by atoms with E-state index in [-0.39, 0.29) is 17.4 Å². The van der Waals surface area contributed by atoms with Crippen molar-refractivity contribution < 1.29 is 31.8 Å². The van der Waals surface area contributed by atoms with Crippen LogP contribution in [0.3, 0.4) is 0 Å². The molecule has 0 saturated carbocycles. The maximum atomic E-state index is 13.8. The second-order valence-electron chi connectivity index (χ2n) is 4.99. The van der Waals surface area contributed by atoms with Crippen molar-refractivity contribution in [2.75, 3.05) is 14.2 Å². The van der Waals surface area contributed by atoms with Gasteiger partial charge in [-0.3, -0.25) is 0 Å². The molecule has 0 aliphatic rings. The zero-order valence-corrected chi connectivity index (χ0v) is 14.6. The van der Waals surface area contributed by atoms with Gasteiger partial charge in [-0.1, -0.05) is 18.2 Å². The van der Waals surface area contributed by atoms with Gasteiger partial charge >= 0.3 is 5.97 Å². The van der Waals surface area contributed by atoms with Gasteiger partial charge in [-0.15, -0.1) is 11.8 Å². The van der Waals surface area contributed by atoms with E-state index < -0.39 is 34.8 Å². The number of ether oxygens (including phenoxy) is 2. The molecule has 2 aromatic carbocycles. The van der Waals surface area contributed by atoms with E-state index in [1.165, 1.54) is 20.5 Å². The summed E-state index contributed by atoms with van der Waals surface area (Å²) >= 11 is 0.910. The summed E-state index contributed by atoms with van der Waals surface area (Å²) in [4.78, 5) is 12.4. The lowest BCUT2D eigenvalue weighted by atomic mass is 10.1. The second-order valence-corrected chi connectivity index (χ2v) is 6.01. The number of esters is 1. The number of carbonyl (C=O) groups is 1. The molecule has 0 bridgehead atoms. The first-order valence-corrected chi connectivity index (χ1v) is 8.24. The number of rotatable bonds is 6. The molecule has 26 heavy (non-hydrogen) atoms. The average Bonchev–Trinajstić information content (AvgIpc) is 2.64. The van der Waals surface area contributed by atoms with E-state index in [1.807, 2.05) is 0 Å². The van der Waals surface area contributed by atoms with Crippen molar-refractivity contribution in [3.63, 3.8) is 0 Å². The third-order valence-electron chi connectivity index (χ3n) is 3.39. The molecule has 0 N–H and O–H groups in total. The van der Waals surface area contributed by atoms with E-state index in [2.05, 4.69) is 0 Å². The first kappa shape index (κ1) is 19.8. The number of hydrogen-bond donors (Lipinski definition) is 0. The van der Waals surface area contributed by atoms with Crippen LogP contribution in [-0.4, -0.2) is 20.2 Å². The van der Waals surface area contributed by atoms with Crippen molar-refractivity contribution >= 4 is 23.3 Å². The Labute approximate surface area is 151 Å². The molecule has 0 spiro atoms. The Hall–Kier alpha value is -2.48. The third kappa shape index (κ3) is 4.19. The SMILES string of the molecule is COC=C(C(=O)OC)c1ccccc1SCc1c(F)c(F)cc(F)c1F. The van der Waals surface area contributed by atoms with E-state index >= 15 is 0 Å². The third-order valence-corrected chi connectivity index (χ3v) is 4.49. The second kappa shape index (κ2) is 8.75. The van der Waals surface area contributed by atoms with Crippen LogP contribution in [-0.2, 0) is 20.0 Å². The van der Waals surface area contributed by atoms with Crippen molar-refractivity contribution in [2.24, 2.45) is 0 Å². The summed E-state index contributed by atoms with van der Waals surface area (Å²) in [7, 11) is 2.54. The lowest BCUT2D eigenvalue weighted by Gasteiger charge is -2.12. The standard InChI is InChI=1S/C18H14F4O3S/c1-24-8-11(18(23)25-2)10-5-3-4-6-15(10)26-9-12-16(21)13(19)7-14(20)17(12)22/h3-8H,9H2,1-2H3. The molecule has 0 fully saturated rings. The molecule has 0 atom stereocenters. The quantitative estimate of drug-likeness (QED) is 0.180. The molecule has 8 heteroatoms. The summed E-state index contributed by atoms with van der Waals surface area (Å²) in [5.74, 6) is -6.90. The van der Waals surface area contributed by atoms with E-state index in [0.29, 0.717) is 10.5 Å². The molecule has 0 unspecified atom stereocenters. The maximum Gasteiger partial charge on any atom is 0.341 e. The van der Waals surface area contributed by atoms with Gasteiger partial charge in [-0.05, 0) is 6.07 Å². The van der Waals surface area contributed by atoms with Crippen molar-refractivity contribution in [3.8, 4) is 0 Å². The van der Waals surface area contributed by atoms with Crippen molar-refractivity contribution in [1.29, 1.82) is 0 Å². The highest BCUT2D eigenvalue weighted by atomic mass is 32.2. The van der Waals surface area contributed by atoms with Crippen LogP contribution < -0.4 is 0 Å². The van der Waals surface area contributed by atoms with Gasteiger partial charge in [0.15, 0.2) is 23.3 Å². The van der Waals surface area contributed by atoms with Gasteiger partial charge < -0.3 is 9.47 Å². The first-order chi connectivity index (χ1) is 12.4. The highest BCUT2D eigenvalue weighted by Crippen LogP contribution is 2.33. The minimum atomic E-state index is -1.47. The van der Waals surface area contributed by atoms with Gasteiger partial charge in [-0.2, -0.15) is 0 Å². The van der Waals surface area contributed by atoms with Gasteiger partial charge in [0, 0.05) is 27.8 Å². The van der Waals surface area contributed by atoms with Gasteiger partial charge in [0.25, 0.3) is 0 Å². The minimum Gasteiger partial charge on any atom is -0.503 e. The fourth-order valence-corrected chi connectivity index (χ4v) is 3.23. The van der Waals surface area contributed by atoms with E-state index in [1.54, 1.807) is 24.3 Å². The largest absolute Gasteiger partial charge is 0.503 e. The molecular weight excluding hydrogens is 372 g/mol. The molecule has 3 nitrogen and oxygen atoms in total. The van der Waals surface area contributed by atoms with Gasteiger partial charge in [0.2, 0.25) is 0 Å². The zero-order valence-electron chi connectivity index (χ0n) is 13.8. The summed E-state index contributed by atoms with van der Waals surface area (Å²) in [5, 5.41) is 0. The summed E-state index contributed by atoms with van der Waals surface area (Å²) < 4.78 is 63.8. The highest BCUT2D eigenvalue weighted by molar-refractivity contribution is 7.98. The molecule has 0 heterocycles. The van der Waals surface area contributed by atoms with Crippen LogP contribution in [0.5, 0.6) is 0 Å². The summed E-state index contributed by atoms with van der Waals surface area (Å²) in [6, 6.07) is 6.63. The number of methoxy groups -OCH3 is 2. The smallest absolute Gasteiger partial charge is 0.341 e. The molecule has 0 aliphatic heterocycles. The number of halogens is 4. The van der Waals surface area contributed by atoms with Gasteiger partial charge in [0.05, 0.1) is 20.5 Å². The van der Waals surface area contributed by atoms with Crippen molar-refractivity contribution in [1.82, 2.24) is 0 Å². The summed E-state index contributed by atoms with van der Waals surface area (Å²) in [6.07, 6.45) is 1.17. The van der Waals surface area contributed by atoms with Crippen LogP contribution in [0.4, 0.5) is 17.6 Å². The minimum absolute atomic E-state index is 0.0875. The average molecular weight is 386 g/mol. The van der Waals surface area contributed by atoms with Gasteiger partial charge in [0.1, 0.15) is 5.57 Å². The Kier molecular flexibility index (Phi) is 6.68. The Balaban J connectivity index is 2.39. The van der Waals surface area contributed by atoms with E-state index in [4.69, 9.17) is 9.47 Å². The number of thioether (sulfide) groups is 1. The Morgan fingerprint density at radius 3 is 2.27 bits per heavy atom. The van der Waals surface area contributed by atoms with Crippen LogP contribution in [0.25, 0.3) is 5.57 Å². The van der Waals surface area contributed by atoms with Crippen LogP contribution in [0.1, 0.15) is 11.1 Å². The predicted molar refractivity (Wildman–Crippen MR) is 89.3 cm³/mol. The molecule has 0 saturated heterocycles. The van der Waals surface area contributed by atoms with Crippen LogP contribution in [0.2, 0.25) is 0 Å². The fraction of sp³-hybridized carbons (Fsp3) is 0.167. The van der Waals surface area contributed by atoms with Crippen LogP contribution in [0.15, 0.2) is 41.5 Å².